The van der Waals surface area contributed by atoms with E-state index in [0.717, 1.165) is 0 Å². The highest BCUT2D eigenvalue weighted by atomic mass is 19.1. The smallest absolute Gasteiger partial charge is 0.253 e. The Bertz CT molecular complexity index is 938. The fourth-order valence-electron chi connectivity index (χ4n) is 4.82. The third-order valence-corrected chi connectivity index (χ3v) is 6.21. The minimum atomic E-state index is -0.598. The van der Waals surface area contributed by atoms with Crippen molar-refractivity contribution in [1.82, 2.24) is 19.8 Å². The van der Waals surface area contributed by atoms with Crippen LogP contribution in [-0.2, 0) is 4.79 Å². The maximum absolute atomic E-state index is 13.6. The van der Waals surface area contributed by atoms with Crippen LogP contribution in [0.2, 0.25) is 0 Å². The Morgan fingerprint density at radius 2 is 1.93 bits per heavy atom. The average Bonchev–Trinajstić information content (AvgIpc) is 3.02. The Kier molecular flexibility index (Phi) is 5.40. The standard InChI is InChI=1S/C22H26FN5O2/c1-26(2)20(30)22-8-4-11-27(19(29)16-6-3-7-18(23)12-16)13-17(22)14-28(15-22)21-24-9-5-10-25-21/h3,5-7,9-10,12,17H,4,8,11,13-15H2,1-2H3/t17-,22-/m0/s1. The van der Waals surface area contributed by atoms with Crippen LogP contribution in [0.4, 0.5) is 10.3 Å². The second-order valence-corrected chi connectivity index (χ2v) is 8.35. The molecule has 2 saturated heterocycles. The summed E-state index contributed by atoms with van der Waals surface area (Å²) in [5.41, 5.74) is -0.262. The lowest BCUT2D eigenvalue weighted by atomic mass is 9.74. The van der Waals surface area contributed by atoms with Crippen LogP contribution >= 0.6 is 0 Å². The van der Waals surface area contributed by atoms with Gasteiger partial charge in [0.25, 0.3) is 5.91 Å². The van der Waals surface area contributed by atoms with Gasteiger partial charge in [0.15, 0.2) is 0 Å². The summed E-state index contributed by atoms with van der Waals surface area (Å²) in [6, 6.07) is 7.54. The fourth-order valence-corrected chi connectivity index (χ4v) is 4.82. The molecule has 0 bridgehead atoms. The van der Waals surface area contributed by atoms with Gasteiger partial charge in [0.05, 0.1) is 5.41 Å². The molecule has 0 unspecified atom stereocenters. The summed E-state index contributed by atoms with van der Waals surface area (Å²) < 4.78 is 13.6. The topological polar surface area (TPSA) is 69.6 Å². The molecule has 4 rings (SSSR count). The van der Waals surface area contributed by atoms with Crippen molar-refractivity contribution in [1.29, 1.82) is 0 Å². The number of anilines is 1. The van der Waals surface area contributed by atoms with E-state index in [1.807, 2.05) is 4.90 Å². The van der Waals surface area contributed by atoms with Crippen LogP contribution in [0.15, 0.2) is 42.7 Å². The summed E-state index contributed by atoms with van der Waals surface area (Å²) in [5, 5.41) is 0. The van der Waals surface area contributed by atoms with Crippen molar-refractivity contribution in [2.75, 3.05) is 45.2 Å². The molecule has 0 saturated carbocycles. The summed E-state index contributed by atoms with van der Waals surface area (Å²) in [6.45, 7) is 2.12. The molecule has 2 aromatic rings. The first-order valence-corrected chi connectivity index (χ1v) is 10.2. The maximum Gasteiger partial charge on any atom is 0.253 e. The first-order valence-electron chi connectivity index (χ1n) is 10.2. The van der Waals surface area contributed by atoms with Gasteiger partial charge in [-0.3, -0.25) is 9.59 Å². The van der Waals surface area contributed by atoms with E-state index in [2.05, 4.69) is 9.97 Å². The molecule has 1 aromatic carbocycles. The Balaban J connectivity index is 1.64. The first-order chi connectivity index (χ1) is 14.4. The van der Waals surface area contributed by atoms with Crippen LogP contribution in [0.25, 0.3) is 0 Å². The van der Waals surface area contributed by atoms with Crippen LogP contribution in [-0.4, -0.2) is 71.9 Å². The summed E-state index contributed by atoms with van der Waals surface area (Å²) >= 11 is 0. The lowest BCUT2D eigenvalue weighted by molar-refractivity contribution is -0.141. The number of benzene rings is 1. The second-order valence-electron chi connectivity index (χ2n) is 8.35. The van der Waals surface area contributed by atoms with Gasteiger partial charge in [0.1, 0.15) is 5.82 Å². The molecule has 2 atom stereocenters. The molecule has 2 aliphatic heterocycles. The van der Waals surface area contributed by atoms with E-state index in [1.54, 1.807) is 54.5 Å². The molecule has 2 amide bonds. The average molecular weight is 411 g/mol. The number of aromatic nitrogens is 2. The van der Waals surface area contributed by atoms with Gasteiger partial charge < -0.3 is 14.7 Å². The lowest BCUT2D eigenvalue weighted by Gasteiger charge is -2.34. The quantitative estimate of drug-likeness (QED) is 0.773. The normalized spacial score (nSPS) is 23.6. The van der Waals surface area contributed by atoms with Crippen LogP contribution in [0.3, 0.4) is 0 Å². The molecule has 2 aliphatic rings. The molecule has 0 spiro atoms. The van der Waals surface area contributed by atoms with Crippen LogP contribution in [0.1, 0.15) is 23.2 Å². The number of rotatable bonds is 3. The van der Waals surface area contributed by atoms with Gasteiger partial charge >= 0.3 is 0 Å². The van der Waals surface area contributed by atoms with E-state index in [0.29, 0.717) is 50.5 Å². The van der Waals surface area contributed by atoms with Crippen molar-refractivity contribution < 1.29 is 14.0 Å². The number of carbonyl (C=O) groups excluding carboxylic acids is 2. The van der Waals surface area contributed by atoms with E-state index in [1.165, 1.54) is 12.1 Å². The predicted octanol–water partition coefficient (Wildman–Crippen LogP) is 2.06. The summed E-state index contributed by atoms with van der Waals surface area (Å²) in [4.78, 5) is 40.6. The molecule has 2 fully saturated rings. The Morgan fingerprint density at radius 1 is 1.17 bits per heavy atom. The number of fused-ring (bicyclic) bond motifs is 1. The molecule has 158 valence electrons. The number of hydrogen-bond donors (Lipinski definition) is 0. The minimum Gasteiger partial charge on any atom is -0.348 e. The highest BCUT2D eigenvalue weighted by molar-refractivity contribution is 5.94. The number of nitrogens with zero attached hydrogens (tertiary/aromatic N) is 5. The van der Waals surface area contributed by atoms with E-state index >= 15 is 0 Å². The highest BCUT2D eigenvalue weighted by Gasteiger charge is 2.54. The molecule has 8 heteroatoms. The van der Waals surface area contributed by atoms with Crippen molar-refractivity contribution >= 4 is 17.8 Å². The minimum absolute atomic E-state index is 0.0591. The van der Waals surface area contributed by atoms with Crippen molar-refractivity contribution in [3.63, 3.8) is 0 Å². The van der Waals surface area contributed by atoms with E-state index in [9.17, 15) is 14.0 Å². The number of likely N-dealkylation sites (tertiary alicyclic amines) is 1. The number of halogens is 1. The van der Waals surface area contributed by atoms with Crippen LogP contribution in [0, 0.1) is 17.2 Å². The van der Waals surface area contributed by atoms with Crippen molar-refractivity contribution in [3.05, 3.63) is 54.1 Å². The van der Waals surface area contributed by atoms with Crippen molar-refractivity contribution in [3.8, 4) is 0 Å². The molecular weight excluding hydrogens is 385 g/mol. The highest BCUT2D eigenvalue weighted by Crippen LogP contribution is 2.44. The second kappa shape index (κ2) is 8.01. The number of hydrogen-bond acceptors (Lipinski definition) is 5. The first kappa shape index (κ1) is 20.3. The summed E-state index contributed by atoms with van der Waals surface area (Å²) in [5.74, 6) is -0.0141. The van der Waals surface area contributed by atoms with Crippen molar-refractivity contribution in [2.24, 2.45) is 11.3 Å². The third-order valence-electron chi connectivity index (χ3n) is 6.21. The summed E-state index contributed by atoms with van der Waals surface area (Å²) in [6.07, 6.45) is 4.78. The molecule has 7 nitrogen and oxygen atoms in total. The monoisotopic (exact) mass is 411 g/mol. The van der Waals surface area contributed by atoms with E-state index in [4.69, 9.17) is 0 Å². The Labute approximate surface area is 175 Å². The van der Waals surface area contributed by atoms with Gasteiger partial charge in [0, 0.05) is 64.1 Å². The predicted molar refractivity (Wildman–Crippen MR) is 110 cm³/mol. The zero-order chi connectivity index (χ0) is 21.3. The Hall–Kier alpha value is -3.03. The molecule has 0 aliphatic carbocycles. The lowest BCUT2D eigenvalue weighted by Crippen LogP contribution is -2.47. The SMILES string of the molecule is CN(C)C(=O)[C@]12CCCN(C(=O)c3cccc(F)c3)C[C@H]1CN(c1ncccn1)C2. The number of amides is 2. The van der Waals surface area contributed by atoms with Gasteiger partial charge in [-0.2, -0.15) is 0 Å². The zero-order valence-electron chi connectivity index (χ0n) is 17.3. The fraction of sp³-hybridized carbons (Fsp3) is 0.455. The largest absolute Gasteiger partial charge is 0.348 e. The van der Waals surface area contributed by atoms with Gasteiger partial charge in [-0.25, -0.2) is 14.4 Å². The van der Waals surface area contributed by atoms with Crippen LogP contribution in [0.5, 0.6) is 0 Å². The molecular formula is C22H26FN5O2. The van der Waals surface area contributed by atoms with E-state index < -0.39 is 11.2 Å². The Morgan fingerprint density at radius 3 is 2.63 bits per heavy atom. The van der Waals surface area contributed by atoms with Gasteiger partial charge in [-0.05, 0) is 37.1 Å². The molecule has 0 N–H and O–H groups in total. The molecule has 30 heavy (non-hydrogen) atoms. The van der Waals surface area contributed by atoms with Gasteiger partial charge in [-0.1, -0.05) is 6.07 Å². The molecule has 3 heterocycles. The van der Waals surface area contributed by atoms with E-state index in [-0.39, 0.29) is 17.7 Å². The number of carbonyl (C=O) groups is 2. The van der Waals surface area contributed by atoms with Crippen LogP contribution < -0.4 is 4.90 Å². The third kappa shape index (κ3) is 3.62. The molecule has 0 radical (unpaired) electrons. The van der Waals surface area contributed by atoms with Crippen molar-refractivity contribution in [2.45, 2.75) is 12.8 Å². The van der Waals surface area contributed by atoms with Gasteiger partial charge in [0.2, 0.25) is 11.9 Å². The zero-order valence-corrected chi connectivity index (χ0v) is 17.3. The maximum atomic E-state index is 13.6. The summed E-state index contributed by atoms with van der Waals surface area (Å²) in [7, 11) is 3.55. The molecule has 1 aromatic heterocycles. The van der Waals surface area contributed by atoms with Gasteiger partial charge in [-0.15, -0.1) is 0 Å².